The second-order valence-electron chi connectivity index (χ2n) is 4.83. The van der Waals surface area contributed by atoms with E-state index in [2.05, 4.69) is 5.32 Å². The molecule has 0 aromatic heterocycles. The van der Waals surface area contributed by atoms with Gasteiger partial charge in [-0.25, -0.2) is 4.39 Å². The molecule has 1 aliphatic rings. The minimum atomic E-state index is -0.455. The molecule has 2 nitrogen and oxygen atoms in total. The highest BCUT2D eigenvalue weighted by Gasteiger charge is 2.18. The Morgan fingerprint density at radius 3 is 2.83 bits per heavy atom. The molecule has 0 atom stereocenters. The van der Waals surface area contributed by atoms with Gasteiger partial charge in [0.1, 0.15) is 11.6 Å². The zero-order valence-electron chi connectivity index (χ0n) is 10.2. The maximum absolute atomic E-state index is 13.2. The van der Waals surface area contributed by atoms with Gasteiger partial charge in [0.2, 0.25) is 0 Å². The standard InChI is InChI=1S/C14H17ClFNO/c15-14-11(2-1-3-13(14)16)9-12(18)8-10-4-6-17-7-5-10/h1-3,10,17H,4-9H2. The van der Waals surface area contributed by atoms with Gasteiger partial charge >= 0.3 is 0 Å². The Morgan fingerprint density at radius 1 is 1.39 bits per heavy atom. The lowest BCUT2D eigenvalue weighted by Gasteiger charge is -2.21. The summed E-state index contributed by atoms with van der Waals surface area (Å²) in [6, 6.07) is 4.61. The zero-order chi connectivity index (χ0) is 13.0. The lowest BCUT2D eigenvalue weighted by molar-refractivity contribution is -0.119. The molecule has 1 aliphatic heterocycles. The molecule has 0 saturated carbocycles. The largest absolute Gasteiger partial charge is 0.317 e. The van der Waals surface area contributed by atoms with E-state index in [1.165, 1.54) is 6.07 Å². The van der Waals surface area contributed by atoms with Crippen molar-refractivity contribution in [2.75, 3.05) is 13.1 Å². The van der Waals surface area contributed by atoms with E-state index in [0.29, 0.717) is 17.9 Å². The van der Waals surface area contributed by atoms with Crippen molar-refractivity contribution in [2.45, 2.75) is 25.7 Å². The minimum Gasteiger partial charge on any atom is -0.317 e. The van der Waals surface area contributed by atoms with Gasteiger partial charge in [0.15, 0.2) is 0 Å². The first kappa shape index (κ1) is 13.5. The van der Waals surface area contributed by atoms with Crippen LogP contribution in [0.3, 0.4) is 0 Å². The fourth-order valence-electron chi connectivity index (χ4n) is 2.38. The van der Waals surface area contributed by atoms with E-state index in [9.17, 15) is 9.18 Å². The van der Waals surface area contributed by atoms with Crippen LogP contribution in [-0.2, 0) is 11.2 Å². The number of hydrogen-bond acceptors (Lipinski definition) is 2. The van der Waals surface area contributed by atoms with E-state index >= 15 is 0 Å². The first-order valence-corrected chi connectivity index (χ1v) is 6.70. The van der Waals surface area contributed by atoms with Crippen molar-refractivity contribution in [2.24, 2.45) is 5.92 Å². The number of carbonyl (C=O) groups excluding carboxylic acids is 1. The Labute approximate surface area is 112 Å². The molecule has 1 saturated heterocycles. The Morgan fingerprint density at radius 2 is 2.11 bits per heavy atom. The van der Waals surface area contributed by atoms with Gasteiger partial charge in [0, 0.05) is 12.8 Å². The monoisotopic (exact) mass is 269 g/mol. The Balaban J connectivity index is 1.92. The molecule has 1 heterocycles. The molecule has 0 amide bonds. The fourth-order valence-corrected chi connectivity index (χ4v) is 2.57. The van der Waals surface area contributed by atoms with Gasteiger partial charge in [0.25, 0.3) is 0 Å². The number of ketones is 1. The highest BCUT2D eigenvalue weighted by Crippen LogP contribution is 2.22. The molecule has 1 N–H and O–H groups in total. The summed E-state index contributed by atoms with van der Waals surface area (Å²) in [7, 11) is 0. The van der Waals surface area contributed by atoms with E-state index < -0.39 is 5.82 Å². The quantitative estimate of drug-likeness (QED) is 0.910. The van der Waals surface area contributed by atoms with E-state index in [1.807, 2.05) is 0 Å². The van der Waals surface area contributed by atoms with Crippen LogP contribution in [0.15, 0.2) is 18.2 Å². The van der Waals surface area contributed by atoms with Crippen LogP contribution < -0.4 is 5.32 Å². The van der Waals surface area contributed by atoms with Crippen molar-refractivity contribution in [1.82, 2.24) is 5.32 Å². The zero-order valence-corrected chi connectivity index (χ0v) is 11.0. The number of carbonyl (C=O) groups is 1. The van der Waals surface area contributed by atoms with E-state index in [1.54, 1.807) is 12.1 Å². The summed E-state index contributed by atoms with van der Waals surface area (Å²) < 4.78 is 13.2. The summed E-state index contributed by atoms with van der Waals surface area (Å²) in [6.07, 6.45) is 2.90. The van der Waals surface area contributed by atoms with Crippen LogP contribution in [0, 0.1) is 11.7 Å². The molecule has 0 unspecified atom stereocenters. The molecule has 18 heavy (non-hydrogen) atoms. The number of rotatable bonds is 4. The molecule has 1 fully saturated rings. The molecule has 4 heteroatoms. The summed E-state index contributed by atoms with van der Waals surface area (Å²) in [6.45, 7) is 1.97. The molecule has 1 aromatic rings. The van der Waals surface area contributed by atoms with Crippen molar-refractivity contribution < 1.29 is 9.18 Å². The SMILES string of the molecule is O=C(Cc1cccc(F)c1Cl)CC1CCNCC1. The second-order valence-corrected chi connectivity index (χ2v) is 5.20. The molecular weight excluding hydrogens is 253 g/mol. The highest BCUT2D eigenvalue weighted by molar-refractivity contribution is 6.31. The maximum Gasteiger partial charge on any atom is 0.142 e. The molecule has 98 valence electrons. The van der Waals surface area contributed by atoms with Crippen molar-refractivity contribution in [3.8, 4) is 0 Å². The molecule has 0 aliphatic carbocycles. The molecule has 1 aromatic carbocycles. The Kier molecular flexibility index (Phi) is 4.72. The highest BCUT2D eigenvalue weighted by atomic mass is 35.5. The topological polar surface area (TPSA) is 29.1 Å². The Bertz CT molecular complexity index is 430. The molecule has 0 bridgehead atoms. The number of Topliss-reactive ketones (excluding diaryl/α,β-unsaturated/α-hetero) is 1. The third-order valence-electron chi connectivity index (χ3n) is 3.39. The average Bonchev–Trinajstić information content (AvgIpc) is 2.36. The third kappa shape index (κ3) is 3.53. The predicted molar refractivity (Wildman–Crippen MR) is 70.3 cm³/mol. The smallest absolute Gasteiger partial charge is 0.142 e. The maximum atomic E-state index is 13.2. The Hall–Kier alpha value is -0.930. The van der Waals surface area contributed by atoms with Crippen LogP contribution in [0.5, 0.6) is 0 Å². The number of piperidine rings is 1. The van der Waals surface area contributed by atoms with E-state index in [-0.39, 0.29) is 17.2 Å². The van der Waals surface area contributed by atoms with Crippen molar-refractivity contribution in [1.29, 1.82) is 0 Å². The number of hydrogen-bond donors (Lipinski definition) is 1. The van der Waals surface area contributed by atoms with Crippen molar-refractivity contribution >= 4 is 17.4 Å². The summed E-state index contributed by atoms with van der Waals surface area (Å²) >= 11 is 5.84. The van der Waals surface area contributed by atoms with Crippen LogP contribution in [-0.4, -0.2) is 18.9 Å². The molecule has 2 rings (SSSR count). The van der Waals surface area contributed by atoms with Gasteiger partial charge in [-0.05, 0) is 43.5 Å². The van der Waals surface area contributed by atoms with Crippen LogP contribution >= 0.6 is 11.6 Å². The molecular formula is C14H17ClFNO. The predicted octanol–water partition coefficient (Wildman–Crippen LogP) is 2.98. The van der Waals surface area contributed by atoms with Gasteiger partial charge in [-0.15, -0.1) is 0 Å². The summed E-state index contributed by atoms with van der Waals surface area (Å²) in [5, 5.41) is 3.35. The first-order valence-electron chi connectivity index (χ1n) is 6.32. The number of halogens is 2. The third-order valence-corrected chi connectivity index (χ3v) is 3.82. The van der Waals surface area contributed by atoms with Gasteiger partial charge in [-0.3, -0.25) is 4.79 Å². The van der Waals surface area contributed by atoms with Gasteiger partial charge in [-0.2, -0.15) is 0 Å². The lowest BCUT2D eigenvalue weighted by Crippen LogP contribution is -2.29. The van der Waals surface area contributed by atoms with Crippen LogP contribution in [0.4, 0.5) is 4.39 Å². The average molecular weight is 270 g/mol. The summed E-state index contributed by atoms with van der Waals surface area (Å²) in [5.74, 6) is 0.157. The minimum absolute atomic E-state index is 0.0798. The number of benzene rings is 1. The van der Waals surface area contributed by atoms with Crippen LogP contribution in [0.1, 0.15) is 24.8 Å². The summed E-state index contributed by atoms with van der Waals surface area (Å²) in [5.41, 5.74) is 0.593. The van der Waals surface area contributed by atoms with Crippen LogP contribution in [0.2, 0.25) is 5.02 Å². The fraction of sp³-hybridized carbons (Fsp3) is 0.500. The van der Waals surface area contributed by atoms with E-state index in [4.69, 9.17) is 11.6 Å². The van der Waals surface area contributed by atoms with Crippen molar-refractivity contribution in [3.05, 3.63) is 34.6 Å². The second kappa shape index (κ2) is 6.30. The summed E-state index contributed by atoms with van der Waals surface area (Å²) in [4.78, 5) is 11.9. The van der Waals surface area contributed by atoms with Crippen molar-refractivity contribution in [3.63, 3.8) is 0 Å². The molecule has 0 spiro atoms. The normalized spacial score (nSPS) is 16.8. The van der Waals surface area contributed by atoms with Gasteiger partial charge in [0.05, 0.1) is 5.02 Å². The van der Waals surface area contributed by atoms with Gasteiger partial charge < -0.3 is 5.32 Å². The number of nitrogens with one attached hydrogen (secondary N) is 1. The molecule has 0 radical (unpaired) electrons. The van der Waals surface area contributed by atoms with E-state index in [0.717, 1.165) is 25.9 Å². The first-order chi connectivity index (χ1) is 8.66. The van der Waals surface area contributed by atoms with Gasteiger partial charge in [-0.1, -0.05) is 23.7 Å². The lowest BCUT2D eigenvalue weighted by atomic mass is 9.91. The van der Waals surface area contributed by atoms with Crippen LogP contribution in [0.25, 0.3) is 0 Å².